The normalized spacial score (nSPS) is 15.8. The number of rotatable bonds is 6. The summed E-state index contributed by atoms with van der Waals surface area (Å²) in [5, 5.41) is 11.9. The molecule has 122 valence electrons. The predicted molar refractivity (Wildman–Crippen MR) is 91.3 cm³/mol. The number of carbonyl (C=O) groups is 1. The van der Waals surface area contributed by atoms with Crippen LogP contribution < -0.4 is 10.1 Å². The quantitative estimate of drug-likeness (QED) is 0.884. The van der Waals surface area contributed by atoms with Gasteiger partial charge in [-0.2, -0.15) is 5.26 Å². The van der Waals surface area contributed by atoms with Crippen molar-refractivity contribution in [1.29, 1.82) is 5.26 Å². The number of carbonyl (C=O) groups excluding carboxylic acids is 1. The van der Waals surface area contributed by atoms with Gasteiger partial charge in [0.1, 0.15) is 5.75 Å². The van der Waals surface area contributed by atoms with Gasteiger partial charge in [-0.25, -0.2) is 0 Å². The van der Waals surface area contributed by atoms with Crippen molar-refractivity contribution in [2.24, 2.45) is 5.92 Å². The molecule has 0 aliphatic heterocycles. The van der Waals surface area contributed by atoms with E-state index >= 15 is 0 Å². The molecule has 24 heavy (non-hydrogen) atoms. The second kappa shape index (κ2) is 7.18. The molecule has 1 saturated carbocycles. The first-order valence-corrected chi connectivity index (χ1v) is 8.19. The summed E-state index contributed by atoms with van der Waals surface area (Å²) < 4.78 is 5.69. The topological polar surface area (TPSA) is 62.1 Å². The second-order valence-electron chi connectivity index (χ2n) is 6.13. The molecule has 2 aromatic rings. The lowest BCUT2D eigenvalue weighted by Crippen LogP contribution is -2.39. The molecule has 0 saturated heterocycles. The van der Waals surface area contributed by atoms with Crippen molar-refractivity contribution < 1.29 is 9.53 Å². The van der Waals surface area contributed by atoms with Crippen LogP contribution in [0.4, 0.5) is 0 Å². The highest BCUT2D eigenvalue weighted by atomic mass is 16.5. The van der Waals surface area contributed by atoms with E-state index in [1.165, 1.54) is 0 Å². The Balaban J connectivity index is 1.63. The van der Waals surface area contributed by atoms with E-state index < -0.39 is 6.10 Å². The molecule has 0 radical (unpaired) electrons. The summed E-state index contributed by atoms with van der Waals surface area (Å²) in [6.45, 7) is 1.74. The van der Waals surface area contributed by atoms with Gasteiger partial charge in [-0.05, 0) is 55.5 Å². The van der Waals surface area contributed by atoms with Gasteiger partial charge in [-0.3, -0.25) is 4.79 Å². The summed E-state index contributed by atoms with van der Waals surface area (Å²) in [5.74, 6) is 0.970. The molecule has 1 aliphatic carbocycles. The van der Waals surface area contributed by atoms with Crippen LogP contribution in [0.5, 0.6) is 5.75 Å². The summed E-state index contributed by atoms with van der Waals surface area (Å²) in [6, 6.07) is 18.9. The minimum Gasteiger partial charge on any atom is -0.481 e. The lowest BCUT2D eigenvalue weighted by atomic mass is 10.0. The Morgan fingerprint density at radius 3 is 2.42 bits per heavy atom. The number of ether oxygens (including phenoxy) is 1. The van der Waals surface area contributed by atoms with Crippen LogP contribution >= 0.6 is 0 Å². The number of nitrogens with zero attached hydrogens (tertiary/aromatic N) is 1. The monoisotopic (exact) mass is 320 g/mol. The molecule has 2 atom stereocenters. The summed E-state index contributed by atoms with van der Waals surface area (Å²) in [7, 11) is 0. The Morgan fingerprint density at radius 2 is 1.83 bits per heavy atom. The van der Waals surface area contributed by atoms with Crippen molar-refractivity contribution in [3.63, 3.8) is 0 Å². The summed E-state index contributed by atoms with van der Waals surface area (Å²) in [5.41, 5.74) is 1.70. The van der Waals surface area contributed by atoms with Gasteiger partial charge in [-0.15, -0.1) is 0 Å². The molecule has 1 aliphatic rings. The lowest BCUT2D eigenvalue weighted by Gasteiger charge is -2.22. The van der Waals surface area contributed by atoms with Crippen molar-refractivity contribution in [3.05, 3.63) is 65.7 Å². The Labute approximate surface area is 142 Å². The van der Waals surface area contributed by atoms with E-state index in [4.69, 9.17) is 10.00 Å². The molecule has 2 aromatic carbocycles. The van der Waals surface area contributed by atoms with Gasteiger partial charge < -0.3 is 10.1 Å². The molecule has 1 amide bonds. The van der Waals surface area contributed by atoms with Crippen molar-refractivity contribution in [2.45, 2.75) is 31.9 Å². The fraction of sp³-hybridized carbons (Fsp3) is 0.300. The molecule has 0 aromatic heterocycles. The maximum atomic E-state index is 12.5. The first-order valence-electron chi connectivity index (χ1n) is 8.19. The Bertz CT molecular complexity index is 730. The summed E-state index contributed by atoms with van der Waals surface area (Å²) in [4.78, 5) is 12.5. The molecule has 2 unspecified atom stereocenters. The Hall–Kier alpha value is -2.80. The average Bonchev–Trinajstić information content (AvgIpc) is 3.45. The van der Waals surface area contributed by atoms with Crippen LogP contribution in [0.15, 0.2) is 54.6 Å². The zero-order valence-electron chi connectivity index (χ0n) is 13.6. The van der Waals surface area contributed by atoms with E-state index in [2.05, 4.69) is 23.5 Å². The molecule has 0 bridgehead atoms. The molecular weight excluding hydrogens is 300 g/mol. The standard InChI is InChI=1S/C20H20N2O2/c1-14(24-18-11-7-15(13-21)8-12-18)20(23)22-19(17-9-10-17)16-5-3-2-4-6-16/h2-8,11-12,14,17,19H,9-10H2,1H3,(H,22,23). The number of hydrogen-bond acceptors (Lipinski definition) is 3. The van der Waals surface area contributed by atoms with Crippen molar-refractivity contribution in [2.75, 3.05) is 0 Å². The van der Waals surface area contributed by atoms with Crippen molar-refractivity contribution >= 4 is 5.91 Å². The molecule has 1 N–H and O–H groups in total. The van der Waals surface area contributed by atoms with Gasteiger partial charge >= 0.3 is 0 Å². The summed E-state index contributed by atoms with van der Waals surface area (Å²) >= 11 is 0. The number of nitriles is 1. The molecule has 4 nitrogen and oxygen atoms in total. The highest BCUT2D eigenvalue weighted by molar-refractivity contribution is 5.81. The number of nitrogens with one attached hydrogen (secondary N) is 1. The van der Waals surface area contributed by atoms with Crippen LogP contribution in [0.3, 0.4) is 0 Å². The van der Waals surface area contributed by atoms with Gasteiger partial charge in [0.05, 0.1) is 17.7 Å². The highest BCUT2D eigenvalue weighted by Gasteiger charge is 2.34. The smallest absolute Gasteiger partial charge is 0.261 e. The molecule has 4 heteroatoms. The first kappa shape index (κ1) is 16.1. The molecule has 0 heterocycles. The van der Waals surface area contributed by atoms with Gasteiger partial charge in [0, 0.05) is 0 Å². The largest absolute Gasteiger partial charge is 0.481 e. The van der Waals surface area contributed by atoms with Crippen LogP contribution in [-0.4, -0.2) is 12.0 Å². The first-order chi connectivity index (χ1) is 11.7. The third-order valence-corrected chi connectivity index (χ3v) is 4.22. The van der Waals surface area contributed by atoms with Crippen LogP contribution in [0.25, 0.3) is 0 Å². The minimum absolute atomic E-state index is 0.0470. The maximum Gasteiger partial charge on any atom is 0.261 e. The molecular formula is C20H20N2O2. The third kappa shape index (κ3) is 3.94. The average molecular weight is 320 g/mol. The predicted octanol–water partition coefficient (Wildman–Crippen LogP) is 3.59. The van der Waals surface area contributed by atoms with E-state index in [1.807, 2.05) is 18.2 Å². The third-order valence-electron chi connectivity index (χ3n) is 4.22. The van der Waals surface area contributed by atoms with Gasteiger partial charge in [-0.1, -0.05) is 30.3 Å². The van der Waals surface area contributed by atoms with E-state index in [1.54, 1.807) is 31.2 Å². The minimum atomic E-state index is -0.595. The van der Waals surface area contributed by atoms with E-state index in [-0.39, 0.29) is 11.9 Å². The zero-order chi connectivity index (χ0) is 16.9. The zero-order valence-corrected chi connectivity index (χ0v) is 13.6. The van der Waals surface area contributed by atoms with Crippen LogP contribution in [0.2, 0.25) is 0 Å². The van der Waals surface area contributed by atoms with Gasteiger partial charge in [0.15, 0.2) is 6.10 Å². The molecule has 0 spiro atoms. The fourth-order valence-electron chi connectivity index (χ4n) is 2.70. The SMILES string of the molecule is CC(Oc1ccc(C#N)cc1)C(=O)NC(c1ccccc1)C1CC1. The van der Waals surface area contributed by atoms with Gasteiger partial charge in [0.2, 0.25) is 0 Å². The van der Waals surface area contributed by atoms with E-state index in [9.17, 15) is 4.79 Å². The van der Waals surface area contributed by atoms with Gasteiger partial charge in [0.25, 0.3) is 5.91 Å². The summed E-state index contributed by atoms with van der Waals surface area (Å²) in [6.07, 6.45) is 1.69. The Morgan fingerprint density at radius 1 is 1.17 bits per heavy atom. The Kier molecular flexibility index (Phi) is 4.81. The number of hydrogen-bond donors (Lipinski definition) is 1. The molecule has 3 rings (SSSR count). The highest BCUT2D eigenvalue weighted by Crippen LogP contribution is 2.41. The number of benzene rings is 2. The van der Waals surface area contributed by atoms with Crippen LogP contribution in [0.1, 0.15) is 36.9 Å². The van der Waals surface area contributed by atoms with E-state index in [0.717, 1.165) is 18.4 Å². The van der Waals surface area contributed by atoms with Crippen molar-refractivity contribution in [3.8, 4) is 11.8 Å². The van der Waals surface area contributed by atoms with Crippen LogP contribution in [0, 0.1) is 17.2 Å². The molecule has 1 fully saturated rings. The second-order valence-corrected chi connectivity index (χ2v) is 6.13. The number of amides is 1. The maximum absolute atomic E-state index is 12.5. The lowest BCUT2D eigenvalue weighted by molar-refractivity contribution is -0.128. The van der Waals surface area contributed by atoms with Crippen molar-refractivity contribution in [1.82, 2.24) is 5.32 Å². The fourth-order valence-corrected chi connectivity index (χ4v) is 2.70. The van der Waals surface area contributed by atoms with Crippen LogP contribution in [-0.2, 0) is 4.79 Å². The van der Waals surface area contributed by atoms with E-state index in [0.29, 0.717) is 17.2 Å².